The van der Waals surface area contributed by atoms with E-state index in [2.05, 4.69) is 20.2 Å². The SMILES string of the molecule is O=C(O)[C@@H]1N=CN=C2N=NC=C21. The minimum Gasteiger partial charge on any atom is -0.479 e. The molecule has 0 aliphatic carbocycles. The van der Waals surface area contributed by atoms with Gasteiger partial charge in [0.05, 0.1) is 11.8 Å². The predicted molar refractivity (Wildman–Crippen MR) is 40.3 cm³/mol. The number of fused-ring (bicyclic) bond motifs is 1. The molecule has 0 aromatic carbocycles. The highest BCUT2D eigenvalue weighted by Crippen LogP contribution is 2.18. The molecule has 2 aliphatic heterocycles. The van der Waals surface area contributed by atoms with Crippen molar-refractivity contribution in [3.63, 3.8) is 0 Å². The highest BCUT2D eigenvalue weighted by molar-refractivity contribution is 6.10. The number of rotatable bonds is 1. The van der Waals surface area contributed by atoms with Crippen LogP contribution in [0.15, 0.2) is 32.0 Å². The Bertz CT molecular complexity index is 353. The molecule has 12 heavy (non-hydrogen) atoms. The van der Waals surface area contributed by atoms with Crippen molar-refractivity contribution in [3.05, 3.63) is 11.8 Å². The van der Waals surface area contributed by atoms with Crippen molar-refractivity contribution in [2.75, 3.05) is 0 Å². The fourth-order valence-electron chi connectivity index (χ4n) is 0.986. The molecule has 0 fully saturated rings. The average Bonchev–Trinajstić information content (AvgIpc) is 2.49. The molecule has 0 saturated heterocycles. The summed E-state index contributed by atoms with van der Waals surface area (Å²) in [6.07, 6.45) is 2.56. The number of hydrogen-bond acceptors (Lipinski definition) is 5. The number of carboxylic acids is 1. The van der Waals surface area contributed by atoms with Gasteiger partial charge in [0, 0.05) is 0 Å². The van der Waals surface area contributed by atoms with Gasteiger partial charge < -0.3 is 5.11 Å². The van der Waals surface area contributed by atoms with Gasteiger partial charge in [0.2, 0.25) is 0 Å². The van der Waals surface area contributed by atoms with E-state index in [9.17, 15) is 4.79 Å². The normalized spacial score (nSPS) is 24.8. The third kappa shape index (κ3) is 0.849. The first-order valence-electron chi connectivity index (χ1n) is 3.22. The van der Waals surface area contributed by atoms with Gasteiger partial charge in [0.25, 0.3) is 0 Å². The Morgan fingerprint density at radius 1 is 1.58 bits per heavy atom. The lowest BCUT2D eigenvalue weighted by Crippen LogP contribution is -2.25. The van der Waals surface area contributed by atoms with Crippen molar-refractivity contribution in [3.8, 4) is 0 Å². The Kier molecular flexibility index (Phi) is 1.33. The smallest absolute Gasteiger partial charge is 0.333 e. The van der Waals surface area contributed by atoms with Crippen LogP contribution in [0.3, 0.4) is 0 Å². The van der Waals surface area contributed by atoms with Crippen molar-refractivity contribution in [1.29, 1.82) is 0 Å². The summed E-state index contributed by atoms with van der Waals surface area (Å²) in [7, 11) is 0. The monoisotopic (exact) mass is 164 g/mol. The summed E-state index contributed by atoms with van der Waals surface area (Å²) in [5.74, 6) is -0.672. The van der Waals surface area contributed by atoms with Crippen LogP contribution in [0.1, 0.15) is 0 Å². The molecule has 2 heterocycles. The Morgan fingerprint density at radius 3 is 3.17 bits per heavy atom. The molecule has 1 N–H and O–H groups in total. The topological polar surface area (TPSA) is 86.7 Å². The first-order valence-corrected chi connectivity index (χ1v) is 3.22. The Balaban J connectivity index is 2.39. The second-order valence-corrected chi connectivity index (χ2v) is 2.26. The van der Waals surface area contributed by atoms with Crippen LogP contribution >= 0.6 is 0 Å². The van der Waals surface area contributed by atoms with Gasteiger partial charge in [-0.05, 0) is 0 Å². The predicted octanol–water partition coefficient (Wildman–Crippen LogP) is 0.230. The summed E-state index contributed by atoms with van der Waals surface area (Å²) < 4.78 is 0. The number of amidine groups is 1. The van der Waals surface area contributed by atoms with E-state index in [1.54, 1.807) is 0 Å². The second-order valence-electron chi connectivity index (χ2n) is 2.26. The van der Waals surface area contributed by atoms with Crippen LogP contribution in [0.5, 0.6) is 0 Å². The number of aliphatic carboxylic acids is 1. The molecule has 0 aromatic rings. The minimum atomic E-state index is -1.02. The van der Waals surface area contributed by atoms with Crippen molar-refractivity contribution in [2.45, 2.75) is 6.04 Å². The molecule has 6 heteroatoms. The Morgan fingerprint density at radius 2 is 2.42 bits per heavy atom. The van der Waals surface area contributed by atoms with Gasteiger partial charge in [-0.15, -0.1) is 5.11 Å². The second kappa shape index (κ2) is 2.33. The zero-order chi connectivity index (χ0) is 8.55. The number of carbonyl (C=O) groups is 1. The fraction of sp³-hybridized carbons (Fsp3) is 0.167. The lowest BCUT2D eigenvalue weighted by atomic mass is 10.1. The number of carboxylic acid groups (broad SMARTS) is 1. The van der Waals surface area contributed by atoms with Crippen LogP contribution in [0, 0.1) is 0 Å². The van der Waals surface area contributed by atoms with Crippen molar-refractivity contribution < 1.29 is 9.90 Å². The van der Waals surface area contributed by atoms with Crippen molar-refractivity contribution >= 4 is 18.1 Å². The number of nitrogens with zero attached hydrogens (tertiary/aromatic N) is 4. The number of aliphatic imine (C=N–C) groups is 2. The maximum absolute atomic E-state index is 10.6. The van der Waals surface area contributed by atoms with Gasteiger partial charge in [-0.25, -0.2) is 9.79 Å². The molecule has 0 bridgehead atoms. The number of azo groups is 1. The van der Waals surface area contributed by atoms with Gasteiger partial charge in [0.15, 0.2) is 11.9 Å². The van der Waals surface area contributed by atoms with E-state index in [1.807, 2.05) is 0 Å². The maximum atomic E-state index is 10.6. The standard InChI is InChI=1S/C6H4N4O2/c11-6(12)4-3-1-9-10-5(3)8-2-7-4/h1-2,4H,(H,11,12)/t4-/m1/s1. The van der Waals surface area contributed by atoms with E-state index in [-0.39, 0.29) is 0 Å². The van der Waals surface area contributed by atoms with Crippen LogP contribution in [0.25, 0.3) is 0 Å². The first-order chi connectivity index (χ1) is 5.79. The largest absolute Gasteiger partial charge is 0.479 e. The van der Waals surface area contributed by atoms with Gasteiger partial charge in [-0.2, -0.15) is 5.11 Å². The van der Waals surface area contributed by atoms with E-state index in [1.165, 1.54) is 12.5 Å². The average molecular weight is 164 g/mol. The van der Waals surface area contributed by atoms with Crippen molar-refractivity contribution in [2.24, 2.45) is 20.2 Å². The van der Waals surface area contributed by atoms with Crippen LogP contribution in [0.4, 0.5) is 0 Å². The zero-order valence-electron chi connectivity index (χ0n) is 5.88. The number of hydrogen-bond donors (Lipinski definition) is 1. The molecule has 1 atom stereocenters. The third-order valence-corrected chi connectivity index (χ3v) is 1.53. The molecule has 6 nitrogen and oxygen atoms in total. The molecule has 0 amide bonds. The van der Waals surface area contributed by atoms with Gasteiger partial charge in [-0.3, -0.25) is 4.99 Å². The van der Waals surface area contributed by atoms with E-state index in [0.29, 0.717) is 11.4 Å². The van der Waals surface area contributed by atoms with Crippen LogP contribution in [-0.2, 0) is 4.79 Å². The third-order valence-electron chi connectivity index (χ3n) is 1.53. The van der Waals surface area contributed by atoms with Gasteiger partial charge >= 0.3 is 5.97 Å². The maximum Gasteiger partial charge on any atom is 0.333 e. The molecular weight excluding hydrogens is 160 g/mol. The lowest BCUT2D eigenvalue weighted by Gasteiger charge is -2.09. The summed E-state index contributed by atoms with van der Waals surface area (Å²) in [6, 6.07) is -0.896. The Labute approximate surface area is 67.1 Å². The highest BCUT2D eigenvalue weighted by atomic mass is 16.4. The first kappa shape index (κ1) is 6.84. The highest BCUT2D eigenvalue weighted by Gasteiger charge is 2.29. The van der Waals surface area contributed by atoms with Crippen LogP contribution in [0.2, 0.25) is 0 Å². The molecule has 2 rings (SSSR count). The fourth-order valence-corrected chi connectivity index (χ4v) is 0.986. The summed E-state index contributed by atoms with van der Waals surface area (Å²) in [4.78, 5) is 18.0. The molecule has 0 spiro atoms. The summed E-state index contributed by atoms with van der Waals surface area (Å²) in [6.45, 7) is 0. The molecule has 0 unspecified atom stereocenters. The quantitative estimate of drug-likeness (QED) is 0.601. The van der Waals surface area contributed by atoms with Crippen molar-refractivity contribution in [1.82, 2.24) is 0 Å². The van der Waals surface area contributed by atoms with E-state index in [4.69, 9.17) is 5.11 Å². The van der Waals surface area contributed by atoms with Gasteiger partial charge in [-0.1, -0.05) is 0 Å². The molecule has 60 valence electrons. The van der Waals surface area contributed by atoms with Gasteiger partial charge in [0.1, 0.15) is 6.34 Å². The van der Waals surface area contributed by atoms with E-state index >= 15 is 0 Å². The molecule has 0 aromatic heterocycles. The lowest BCUT2D eigenvalue weighted by molar-refractivity contribution is -0.137. The molecule has 0 radical (unpaired) electrons. The molecule has 0 saturated carbocycles. The van der Waals surface area contributed by atoms with Crippen LogP contribution < -0.4 is 0 Å². The minimum absolute atomic E-state index is 0.345. The summed E-state index contributed by atoms with van der Waals surface area (Å²) in [5.41, 5.74) is 0.449. The summed E-state index contributed by atoms with van der Waals surface area (Å²) in [5, 5.41) is 15.9. The van der Waals surface area contributed by atoms with Crippen LogP contribution in [-0.4, -0.2) is 29.3 Å². The zero-order valence-corrected chi connectivity index (χ0v) is 5.88. The van der Waals surface area contributed by atoms with E-state index < -0.39 is 12.0 Å². The Hall–Kier alpha value is -1.85. The summed E-state index contributed by atoms with van der Waals surface area (Å²) >= 11 is 0. The molecular formula is C6H4N4O2. The van der Waals surface area contributed by atoms with E-state index in [0.717, 1.165) is 0 Å². The molecule has 2 aliphatic rings.